The Bertz CT molecular complexity index is 689. The van der Waals surface area contributed by atoms with Gasteiger partial charge in [-0.1, -0.05) is 30.3 Å². The molecule has 2 N–H and O–H groups in total. The molecule has 4 rings (SSSR count). The molecule has 32 heavy (non-hydrogen) atoms. The first-order chi connectivity index (χ1) is 15.7. The molecule has 3 heterocycles. The van der Waals surface area contributed by atoms with E-state index < -0.39 is 0 Å². The average molecular weight is 442 g/mol. The Morgan fingerprint density at radius 2 is 1.78 bits per heavy atom. The first kappa shape index (κ1) is 23.5. The number of ether oxygens (including phenoxy) is 1. The van der Waals surface area contributed by atoms with E-state index in [0.717, 1.165) is 38.7 Å². The summed E-state index contributed by atoms with van der Waals surface area (Å²) in [6.07, 6.45) is 7.62. The van der Waals surface area contributed by atoms with Gasteiger partial charge in [0.1, 0.15) is 0 Å². The molecule has 6 nitrogen and oxygen atoms in total. The summed E-state index contributed by atoms with van der Waals surface area (Å²) >= 11 is 0. The van der Waals surface area contributed by atoms with E-state index in [4.69, 9.17) is 9.73 Å². The summed E-state index contributed by atoms with van der Waals surface area (Å²) in [6.45, 7) is 9.37. The SMILES string of the molecule is CCNC(=NCC1CCN(CCOC)CC1)NC1CC2CCC(C1)N2Cc1ccccc1. The van der Waals surface area contributed by atoms with Crippen LogP contribution in [0, 0.1) is 5.92 Å². The maximum atomic E-state index is 5.22. The van der Waals surface area contributed by atoms with Crippen molar-refractivity contribution in [3.63, 3.8) is 0 Å². The van der Waals surface area contributed by atoms with Crippen LogP contribution in [0.15, 0.2) is 35.3 Å². The molecule has 2 atom stereocenters. The van der Waals surface area contributed by atoms with Gasteiger partial charge in [0.05, 0.1) is 6.61 Å². The number of rotatable bonds is 9. The molecule has 0 spiro atoms. The highest BCUT2D eigenvalue weighted by Gasteiger charge is 2.40. The van der Waals surface area contributed by atoms with E-state index in [1.54, 1.807) is 7.11 Å². The lowest BCUT2D eigenvalue weighted by Crippen LogP contribution is -2.52. The van der Waals surface area contributed by atoms with Crippen molar-refractivity contribution in [2.45, 2.75) is 70.1 Å². The minimum absolute atomic E-state index is 0.535. The second kappa shape index (κ2) is 12.0. The highest BCUT2D eigenvalue weighted by molar-refractivity contribution is 5.80. The second-order valence-electron chi connectivity index (χ2n) is 9.85. The van der Waals surface area contributed by atoms with Crippen molar-refractivity contribution < 1.29 is 4.74 Å². The van der Waals surface area contributed by atoms with Crippen LogP contribution >= 0.6 is 0 Å². The first-order valence-electron chi connectivity index (χ1n) is 12.8. The third-order valence-corrected chi connectivity index (χ3v) is 7.60. The number of methoxy groups -OCH3 is 1. The lowest BCUT2D eigenvalue weighted by atomic mass is 9.96. The summed E-state index contributed by atoms with van der Waals surface area (Å²) in [5.74, 6) is 1.73. The Balaban J connectivity index is 1.26. The van der Waals surface area contributed by atoms with Crippen LogP contribution in [0.4, 0.5) is 0 Å². The van der Waals surface area contributed by atoms with Crippen LogP contribution in [0.3, 0.4) is 0 Å². The lowest BCUT2D eigenvalue weighted by molar-refractivity contribution is 0.114. The number of benzene rings is 1. The Morgan fingerprint density at radius 1 is 1.06 bits per heavy atom. The summed E-state index contributed by atoms with van der Waals surface area (Å²) in [7, 11) is 1.79. The zero-order valence-electron chi connectivity index (χ0n) is 20.1. The molecule has 0 radical (unpaired) electrons. The van der Waals surface area contributed by atoms with Crippen molar-refractivity contribution >= 4 is 5.96 Å². The number of likely N-dealkylation sites (tertiary alicyclic amines) is 1. The molecule has 3 aliphatic rings. The van der Waals surface area contributed by atoms with Gasteiger partial charge >= 0.3 is 0 Å². The van der Waals surface area contributed by atoms with E-state index in [-0.39, 0.29) is 0 Å². The Hall–Kier alpha value is -1.63. The van der Waals surface area contributed by atoms with Crippen LogP contribution in [0.5, 0.6) is 0 Å². The molecule has 2 unspecified atom stereocenters. The average Bonchev–Trinajstić information content (AvgIpc) is 3.05. The van der Waals surface area contributed by atoms with Crippen LogP contribution in [0.1, 0.15) is 51.0 Å². The van der Waals surface area contributed by atoms with Crippen molar-refractivity contribution in [1.29, 1.82) is 0 Å². The van der Waals surface area contributed by atoms with E-state index >= 15 is 0 Å². The van der Waals surface area contributed by atoms with Gasteiger partial charge in [-0.05, 0) is 70.0 Å². The number of nitrogens with one attached hydrogen (secondary N) is 2. The zero-order valence-corrected chi connectivity index (χ0v) is 20.1. The van der Waals surface area contributed by atoms with Crippen LogP contribution in [0.2, 0.25) is 0 Å². The van der Waals surface area contributed by atoms with Crippen molar-refractivity contribution in [1.82, 2.24) is 20.4 Å². The number of hydrogen-bond donors (Lipinski definition) is 2. The largest absolute Gasteiger partial charge is 0.383 e. The van der Waals surface area contributed by atoms with Crippen LogP contribution in [-0.2, 0) is 11.3 Å². The fourth-order valence-corrected chi connectivity index (χ4v) is 5.79. The zero-order chi connectivity index (χ0) is 22.2. The Kier molecular flexibility index (Phi) is 8.83. The fourth-order valence-electron chi connectivity index (χ4n) is 5.79. The first-order valence-corrected chi connectivity index (χ1v) is 12.8. The Labute approximate surface area is 194 Å². The third-order valence-electron chi connectivity index (χ3n) is 7.60. The molecule has 3 aliphatic heterocycles. The van der Waals surface area contributed by atoms with Crippen LogP contribution < -0.4 is 10.6 Å². The van der Waals surface area contributed by atoms with E-state index in [9.17, 15) is 0 Å². The van der Waals surface area contributed by atoms with Gasteiger partial charge in [-0.3, -0.25) is 9.89 Å². The highest BCUT2D eigenvalue weighted by Crippen LogP contribution is 2.36. The van der Waals surface area contributed by atoms with Gasteiger partial charge in [0.15, 0.2) is 5.96 Å². The third kappa shape index (κ3) is 6.46. The number of aliphatic imine (C=N–C) groups is 1. The molecule has 0 saturated carbocycles. The quantitative estimate of drug-likeness (QED) is 0.456. The minimum Gasteiger partial charge on any atom is -0.383 e. The number of nitrogens with zero attached hydrogens (tertiary/aromatic N) is 3. The summed E-state index contributed by atoms with van der Waals surface area (Å²) in [6, 6.07) is 12.9. The number of guanidine groups is 1. The van der Waals surface area contributed by atoms with Crippen molar-refractivity contribution in [2.75, 3.05) is 46.4 Å². The molecule has 178 valence electrons. The van der Waals surface area contributed by atoms with Crippen molar-refractivity contribution in [3.8, 4) is 0 Å². The van der Waals surface area contributed by atoms with Gasteiger partial charge < -0.3 is 20.3 Å². The predicted molar refractivity (Wildman–Crippen MR) is 132 cm³/mol. The lowest BCUT2D eigenvalue weighted by Gasteiger charge is -2.39. The van der Waals surface area contributed by atoms with Gasteiger partial charge in [0.25, 0.3) is 0 Å². The summed E-state index contributed by atoms with van der Waals surface area (Å²) in [5.41, 5.74) is 1.44. The second-order valence-corrected chi connectivity index (χ2v) is 9.85. The number of fused-ring (bicyclic) bond motifs is 2. The normalized spacial score (nSPS) is 27.6. The van der Waals surface area contributed by atoms with E-state index in [1.807, 2.05) is 0 Å². The molecule has 0 aromatic heterocycles. The highest BCUT2D eigenvalue weighted by atomic mass is 16.5. The van der Waals surface area contributed by atoms with Gasteiger partial charge in [-0.25, -0.2) is 0 Å². The molecule has 3 saturated heterocycles. The molecule has 1 aromatic rings. The molecule has 0 aliphatic carbocycles. The smallest absolute Gasteiger partial charge is 0.191 e. The molecular weight excluding hydrogens is 398 g/mol. The molecule has 6 heteroatoms. The molecule has 1 aromatic carbocycles. The van der Waals surface area contributed by atoms with Gasteiger partial charge in [0.2, 0.25) is 0 Å². The van der Waals surface area contributed by atoms with E-state index in [2.05, 4.69) is 57.7 Å². The summed E-state index contributed by atoms with van der Waals surface area (Å²) in [4.78, 5) is 10.3. The van der Waals surface area contributed by atoms with Crippen LogP contribution in [0.25, 0.3) is 0 Å². The van der Waals surface area contributed by atoms with Gasteiger partial charge in [0, 0.05) is 51.4 Å². The molecule has 2 bridgehead atoms. The van der Waals surface area contributed by atoms with E-state index in [0.29, 0.717) is 24.0 Å². The molecule has 3 fully saturated rings. The summed E-state index contributed by atoms with van der Waals surface area (Å²) < 4.78 is 5.22. The number of hydrogen-bond acceptors (Lipinski definition) is 4. The van der Waals surface area contributed by atoms with Crippen molar-refractivity contribution in [3.05, 3.63) is 35.9 Å². The number of piperidine rings is 2. The van der Waals surface area contributed by atoms with Gasteiger partial charge in [-0.2, -0.15) is 0 Å². The molecule has 0 amide bonds. The van der Waals surface area contributed by atoms with Crippen LogP contribution in [-0.4, -0.2) is 80.3 Å². The minimum atomic E-state index is 0.535. The Morgan fingerprint density at radius 3 is 2.44 bits per heavy atom. The predicted octanol–water partition coefficient (Wildman–Crippen LogP) is 3.10. The maximum absolute atomic E-state index is 5.22. The fraction of sp³-hybridized carbons (Fsp3) is 0.731. The monoisotopic (exact) mass is 441 g/mol. The summed E-state index contributed by atoms with van der Waals surface area (Å²) in [5, 5.41) is 7.31. The maximum Gasteiger partial charge on any atom is 0.191 e. The van der Waals surface area contributed by atoms with Crippen molar-refractivity contribution in [2.24, 2.45) is 10.9 Å². The topological polar surface area (TPSA) is 52.1 Å². The van der Waals surface area contributed by atoms with E-state index in [1.165, 1.54) is 57.2 Å². The van der Waals surface area contributed by atoms with Gasteiger partial charge in [-0.15, -0.1) is 0 Å². The standard InChI is InChI=1S/C26H43N5O/c1-3-27-26(28-19-21-11-13-30(14-12-21)15-16-32-2)29-23-17-24-9-10-25(18-23)31(24)20-22-7-5-4-6-8-22/h4-8,21,23-25H,3,9-20H2,1-2H3,(H2,27,28,29). The molecular formula is C26H43N5O.